The second-order valence-electron chi connectivity index (χ2n) is 6.98. The largest absolute Gasteiger partial charge is 0.491 e. The zero-order valence-corrected chi connectivity index (χ0v) is 15.6. The van der Waals surface area contributed by atoms with Gasteiger partial charge in [0.15, 0.2) is 0 Å². The van der Waals surface area contributed by atoms with Crippen molar-refractivity contribution in [3.05, 3.63) is 29.8 Å². The Morgan fingerprint density at radius 3 is 2.60 bits per heavy atom. The van der Waals surface area contributed by atoms with Crippen molar-refractivity contribution in [3.8, 4) is 5.75 Å². The van der Waals surface area contributed by atoms with Crippen molar-refractivity contribution in [3.63, 3.8) is 0 Å². The Bertz CT molecular complexity index is 538. The first-order valence-corrected chi connectivity index (χ1v) is 9.30. The summed E-state index contributed by atoms with van der Waals surface area (Å²) in [5, 5.41) is 10.3. The molecule has 25 heavy (non-hydrogen) atoms. The van der Waals surface area contributed by atoms with Crippen LogP contribution in [0.2, 0.25) is 0 Å². The van der Waals surface area contributed by atoms with Crippen LogP contribution in [0.1, 0.15) is 45.1 Å². The standard InChI is InChI=1S/C20H31NO4/c1-4-24-20(23)16-9-11-21(12-10-16)13-17(22)14-25-19-8-6-5-7-18(19)15(2)3/h5-8,15-17,22H,4,9-14H2,1-3H3. The Morgan fingerprint density at radius 2 is 1.96 bits per heavy atom. The van der Waals surface area contributed by atoms with Gasteiger partial charge in [0.25, 0.3) is 0 Å². The molecule has 1 heterocycles. The maximum atomic E-state index is 11.8. The van der Waals surface area contributed by atoms with Crippen LogP contribution in [0.5, 0.6) is 5.75 Å². The lowest BCUT2D eigenvalue weighted by atomic mass is 9.97. The molecule has 1 N–H and O–H groups in total. The van der Waals surface area contributed by atoms with E-state index in [4.69, 9.17) is 9.47 Å². The number of hydrogen-bond acceptors (Lipinski definition) is 5. The van der Waals surface area contributed by atoms with E-state index in [2.05, 4.69) is 24.8 Å². The summed E-state index contributed by atoms with van der Waals surface area (Å²) in [6.45, 7) is 9.00. The molecule has 2 rings (SSSR count). The van der Waals surface area contributed by atoms with E-state index in [-0.39, 0.29) is 18.5 Å². The van der Waals surface area contributed by atoms with Crippen LogP contribution in [0.15, 0.2) is 24.3 Å². The molecule has 1 unspecified atom stereocenters. The number of para-hydroxylation sites is 1. The third kappa shape index (κ3) is 6.01. The molecule has 1 saturated heterocycles. The molecule has 1 atom stereocenters. The lowest BCUT2D eigenvalue weighted by molar-refractivity contribution is -0.149. The number of likely N-dealkylation sites (tertiary alicyclic amines) is 1. The molecular weight excluding hydrogens is 318 g/mol. The summed E-state index contributed by atoms with van der Waals surface area (Å²) in [7, 11) is 0. The van der Waals surface area contributed by atoms with E-state index in [0.29, 0.717) is 19.1 Å². The molecule has 0 spiro atoms. The molecule has 0 amide bonds. The number of carbonyl (C=O) groups is 1. The van der Waals surface area contributed by atoms with Crippen LogP contribution in [0.25, 0.3) is 0 Å². The monoisotopic (exact) mass is 349 g/mol. The van der Waals surface area contributed by atoms with Gasteiger partial charge in [0.2, 0.25) is 0 Å². The Morgan fingerprint density at radius 1 is 1.28 bits per heavy atom. The van der Waals surface area contributed by atoms with Gasteiger partial charge in [-0.25, -0.2) is 0 Å². The van der Waals surface area contributed by atoms with Crippen LogP contribution >= 0.6 is 0 Å². The number of aliphatic hydroxyl groups is 1. The number of esters is 1. The fraction of sp³-hybridized carbons (Fsp3) is 0.650. The van der Waals surface area contributed by atoms with E-state index in [1.54, 1.807) is 0 Å². The third-order valence-corrected chi connectivity index (χ3v) is 4.65. The Labute approximate surface area is 150 Å². The second kappa shape index (κ2) is 9.78. The molecule has 1 fully saturated rings. The molecule has 140 valence electrons. The number of piperidine rings is 1. The van der Waals surface area contributed by atoms with Crippen LogP contribution in [0.3, 0.4) is 0 Å². The van der Waals surface area contributed by atoms with Crippen LogP contribution in [-0.4, -0.2) is 54.9 Å². The first-order chi connectivity index (χ1) is 12.0. The lowest BCUT2D eigenvalue weighted by Crippen LogP contribution is -2.42. The zero-order chi connectivity index (χ0) is 18.2. The number of nitrogens with zero attached hydrogens (tertiary/aromatic N) is 1. The highest BCUT2D eigenvalue weighted by atomic mass is 16.5. The molecule has 5 nitrogen and oxygen atoms in total. The van der Waals surface area contributed by atoms with E-state index in [0.717, 1.165) is 37.2 Å². The molecule has 0 saturated carbocycles. The van der Waals surface area contributed by atoms with Crippen LogP contribution < -0.4 is 4.74 Å². The van der Waals surface area contributed by atoms with E-state index >= 15 is 0 Å². The molecular formula is C20H31NO4. The summed E-state index contributed by atoms with van der Waals surface area (Å²) >= 11 is 0. The minimum atomic E-state index is -0.542. The molecule has 0 radical (unpaired) electrons. The van der Waals surface area contributed by atoms with Crippen molar-refractivity contribution in [1.29, 1.82) is 0 Å². The van der Waals surface area contributed by atoms with E-state index in [1.165, 1.54) is 0 Å². The summed E-state index contributed by atoms with van der Waals surface area (Å²) in [6.07, 6.45) is 1.05. The number of hydrogen-bond donors (Lipinski definition) is 1. The molecule has 1 aromatic carbocycles. The number of benzene rings is 1. The van der Waals surface area contributed by atoms with Gasteiger partial charge in [0.05, 0.1) is 12.5 Å². The third-order valence-electron chi connectivity index (χ3n) is 4.65. The highest BCUT2D eigenvalue weighted by Crippen LogP contribution is 2.26. The van der Waals surface area contributed by atoms with Gasteiger partial charge in [-0.1, -0.05) is 32.0 Å². The highest BCUT2D eigenvalue weighted by Gasteiger charge is 2.26. The van der Waals surface area contributed by atoms with Crippen molar-refractivity contribution in [2.75, 3.05) is 32.8 Å². The van der Waals surface area contributed by atoms with Gasteiger partial charge in [-0.05, 0) is 50.4 Å². The van der Waals surface area contributed by atoms with Crippen molar-refractivity contribution < 1.29 is 19.4 Å². The lowest BCUT2D eigenvalue weighted by Gasteiger charge is -2.32. The van der Waals surface area contributed by atoms with Crippen LogP contribution in [0.4, 0.5) is 0 Å². The van der Waals surface area contributed by atoms with Gasteiger partial charge in [-0.2, -0.15) is 0 Å². The predicted molar refractivity (Wildman–Crippen MR) is 97.8 cm³/mol. The molecule has 5 heteroatoms. The van der Waals surface area contributed by atoms with E-state index < -0.39 is 6.10 Å². The van der Waals surface area contributed by atoms with Gasteiger partial charge >= 0.3 is 5.97 Å². The van der Waals surface area contributed by atoms with Crippen LogP contribution in [-0.2, 0) is 9.53 Å². The minimum Gasteiger partial charge on any atom is -0.491 e. The molecule has 0 aliphatic carbocycles. The van der Waals surface area contributed by atoms with E-state index in [1.807, 2.05) is 25.1 Å². The fourth-order valence-electron chi connectivity index (χ4n) is 3.24. The fourth-order valence-corrected chi connectivity index (χ4v) is 3.24. The SMILES string of the molecule is CCOC(=O)C1CCN(CC(O)COc2ccccc2C(C)C)CC1. The Hall–Kier alpha value is -1.59. The smallest absolute Gasteiger partial charge is 0.309 e. The van der Waals surface area contributed by atoms with Crippen molar-refractivity contribution in [2.24, 2.45) is 5.92 Å². The molecule has 0 aromatic heterocycles. The first kappa shape index (κ1) is 19.7. The van der Waals surface area contributed by atoms with Crippen molar-refractivity contribution >= 4 is 5.97 Å². The minimum absolute atomic E-state index is 0.00233. The summed E-state index contributed by atoms with van der Waals surface area (Å²) < 4.78 is 10.9. The van der Waals surface area contributed by atoms with Crippen LogP contribution in [0, 0.1) is 5.92 Å². The van der Waals surface area contributed by atoms with Gasteiger partial charge in [0.1, 0.15) is 18.5 Å². The number of β-amino-alcohol motifs (C(OH)–C–C–N with tert-alkyl or cyclic N) is 1. The maximum Gasteiger partial charge on any atom is 0.309 e. The quantitative estimate of drug-likeness (QED) is 0.731. The average Bonchev–Trinajstić information content (AvgIpc) is 2.61. The number of aliphatic hydroxyl groups excluding tert-OH is 1. The second-order valence-corrected chi connectivity index (χ2v) is 6.98. The highest BCUT2D eigenvalue weighted by molar-refractivity contribution is 5.72. The van der Waals surface area contributed by atoms with Gasteiger partial charge in [0, 0.05) is 6.54 Å². The van der Waals surface area contributed by atoms with Gasteiger partial charge in [-0.15, -0.1) is 0 Å². The number of rotatable bonds is 8. The van der Waals surface area contributed by atoms with Gasteiger partial charge in [-0.3, -0.25) is 4.79 Å². The Kier molecular flexibility index (Phi) is 7.72. The molecule has 0 bridgehead atoms. The Balaban J connectivity index is 1.75. The molecule has 1 aromatic rings. The van der Waals surface area contributed by atoms with Crippen molar-refractivity contribution in [2.45, 2.75) is 45.6 Å². The average molecular weight is 349 g/mol. The summed E-state index contributed by atoms with van der Waals surface area (Å²) in [5.74, 6) is 1.15. The molecule has 1 aliphatic heterocycles. The number of carbonyl (C=O) groups excluding carboxylic acids is 1. The van der Waals surface area contributed by atoms with E-state index in [9.17, 15) is 9.90 Å². The maximum absolute atomic E-state index is 11.8. The number of ether oxygens (including phenoxy) is 2. The van der Waals surface area contributed by atoms with Gasteiger partial charge < -0.3 is 19.5 Å². The normalized spacial score (nSPS) is 17.5. The molecule has 1 aliphatic rings. The topological polar surface area (TPSA) is 59.0 Å². The zero-order valence-electron chi connectivity index (χ0n) is 15.6. The first-order valence-electron chi connectivity index (χ1n) is 9.30. The predicted octanol–water partition coefficient (Wildman–Crippen LogP) is 2.82. The summed E-state index contributed by atoms with van der Waals surface area (Å²) in [6, 6.07) is 7.97. The van der Waals surface area contributed by atoms with Crippen molar-refractivity contribution in [1.82, 2.24) is 4.90 Å². The summed E-state index contributed by atoms with van der Waals surface area (Å²) in [4.78, 5) is 14.0. The summed E-state index contributed by atoms with van der Waals surface area (Å²) in [5.41, 5.74) is 1.16.